The number of morpholine rings is 1. The third kappa shape index (κ3) is 4.35. The molecule has 0 bridgehead atoms. The number of para-hydroxylation sites is 1. The molecule has 150 valence electrons. The number of rotatable bonds is 6. The van der Waals surface area contributed by atoms with Crippen molar-refractivity contribution in [3.05, 3.63) is 59.7 Å². The van der Waals surface area contributed by atoms with Crippen LogP contribution in [0.5, 0.6) is 5.75 Å². The zero-order chi connectivity index (χ0) is 20.1. The number of nitrogens with zero attached hydrogens (tertiary/aromatic N) is 1. The van der Waals surface area contributed by atoms with Crippen LogP contribution in [0.3, 0.4) is 0 Å². The number of methoxy groups -OCH3 is 1. The van der Waals surface area contributed by atoms with Crippen molar-refractivity contribution in [3.8, 4) is 5.75 Å². The molecule has 1 N–H and O–H groups in total. The van der Waals surface area contributed by atoms with E-state index in [1.165, 1.54) is 28.6 Å². The van der Waals surface area contributed by atoms with Crippen molar-refractivity contribution in [1.82, 2.24) is 9.62 Å². The molecule has 28 heavy (non-hydrogen) atoms. The summed E-state index contributed by atoms with van der Waals surface area (Å²) in [6.07, 6.45) is 0. The smallest absolute Gasteiger partial charge is 0.251 e. The van der Waals surface area contributed by atoms with Gasteiger partial charge >= 0.3 is 0 Å². The van der Waals surface area contributed by atoms with E-state index in [0.717, 1.165) is 5.56 Å². The molecule has 2 aromatic rings. The number of hydrogen-bond acceptors (Lipinski definition) is 5. The van der Waals surface area contributed by atoms with Gasteiger partial charge in [0.05, 0.1) is 31.3 Å². The number of carbonyl (C=O) groups excluding carboxylic acids is 1. The quantitative estimate of drug-likeness (QED) is 0.798. The lowest BCUT2D eigenvalue weighted by molar-refractivity contribution is 0.0730. The predicted octanol–water partition coefficient (Wildman–Crippen LogP) is 2.21. The van der Waals surface area contributed by atoms with Crippen molar-refractivity contribution >= 4 is 15.9 Å². The van der Waals surface area contributed by atoms with Crippen molar-refractivity contribution in [2.24, 2.45) is 0 Å². The maximum atomic E-state index is 12.7. The zero-order valence-corrected chi connectivity index (χ0v) is 16.7. The second-order valence-electron chi connectivity index (χ2n) is 6.48. The molecule has 1 saturated heterocycles. The highest BCUT2D eigenvalue weighted by molar-refractivity contribution is 7.89. The van der Waals surface area contributed by atoms with Crippen LogP contribution >= 0.6 is 0 Å². The fourth-order valence-electron chi connectivity index (χ4n) is 3.10. The van der Waals surface area contributed by atoms with Gasteiger partial charge in [0.25, 0.3) is 5.91 Å². The largest absolute Gasteiger partial charge is 0.496 e. The Balaban J connectivity index is 1.71. The van der Waals surface area contributed by atoms with Crippen molar-refractivity contribution in [1.29, 1.82) is 0 Å². The van der Waals surface area contributed by atoms with Crippen molar-refractivity contribution in [3.63, 3.8) is 0 Å². The van der Waals surface area contributed by atoms with Crippen molar-refractivity contribution in [2.75, 3.05) is 33.4 Å². The number of amides is 1. The first-order chi connectivity index (χ1) is 13.4. The van der Waals surface area contributed by atoms with Crippen LogP contribution in [0.25, 0.3) is 0 Å². The molecule has 0 unspecified atom stereocenters. The topological polar surface area (TPSA) is 84.9 Å². The summed E-state index contributed by atoms with van der Waals surface area (Å²) in [5.41, 5.74) is 1.26. The highest BCUT2D eigenvalue weighted by atomic mass is 32.2. The fraction of sp³-hybridized carbons (Fsp3) is 0.350. The average Bonchev–Trinajstić information content (AvgIpc) is 2.74. The molecule has 2 aromatic carbocycles. The van der Waals surface area contributed by atoms with E-state index in [4.69, 9.17) is 9.47 Å². The Kier molecular flexibility index (Phi) is 6.33. The minimum atomic E-state index is -3.57. The summed E-state index contributed by atoms with van der Waals surface area (Å²) >= 11 is 0. The van der Waals surface area contributed by atoms with E-state index in [1.807, 2.05) is 31.2 Å². The molecule has 1 atom stereocenters. The number of nitrogens with one attached hydrogen (secondary N) is 1. The maximum Gasteiger partial charge on any atom is 0.251 e. The van der Waals surface area contributed by atoms with E-state index in [-0.39, 0.29) is 16.8 Å². The summed E-state index contributed by atoms with van der Waals surface area (Å²) in [4.78, 5) is 12.7. The minimum Gasteiger partial charge on any atom is -0.496 e. The van der Waals surface area contributed by atoms with Gasteiger partial charge in [0.15, 0.2) is 0 Å². The number of hydrogen-bond donors (Lipinski definition) is 1. The summed E-state index contributed by atoms with van der Waals surface area (Å²) in [6.45, 7) is 3.32. The van der Waals surface area contributed by atoms with Crippen LogP contribution in [-0.2, 0) is 14.8 Å². The van der Waals surface area contributed by atoms with E-state index in [0.29, 0.717) is 37.6 Å². The lowest BCUT2D eigenvalue weighted by Crippen LogP contribution is -2.40. The van der Waals surface area contributed by atoms with Gasteiger partial charge in [-0.25, -0.2) is 8.42 Å². The summed E-state index contributed by atoms with van der Waals surface area (Å²) < 4.78 is 37.2. The molecule has 8 heteroatoms. The molecule has 1 aliphatic rings. The van der Waals surface area contributed by atoms with Crippen LogP contribution in [0.15, 0.2) is 53.4 Å². The molecule has 0 radical (unpaired) electrons. The van der Waals surface area contributed by atoms with Crippen LogP contribution in [-0.4, -0.2) is 52.0 Å². The standard InChI is InChI=1S/C20H24N2O5S/c1-15(18-5-3-4-6-19(18)26-2)21-20(23)16-7-9-17(10-8-16)28(24,25)22-11-13-27-14-12-22/h3-10,15H,11-14H2,1-2H3,(H,21,23)/t15-/m0/s1. The van der Waals surface area contributed by atoms with Gasteiger partial charge in [-0.05, 0) is 37.3 Å². The zero-order valence-electron chi connectivity index (χ0n) is 15.9. The Hall–Kier alpha value is -2.42. The lowest BCUT2D eigenvalue weighted by Gasteiger charge is -2.26. The molecule has 0 spiro atoms. The van der Waals surface area contributed by atoms with Crippen LogP contribution < -0.4 is 10.1 Å². The Morgan fingerprint density at radius 2 is 1.75 bits per heavy atom. The SMILES string of the molecule is COc1ccccc1[C@H](C)NC(=O)c1ccc(S(=O)(=O)N2CCOCC2)cc1. The van der Waals surface area contributed by atoms with E-state index < -0.39 is 10.0 Å². The molecule has 1 amide bonds. The summed E-state index contributed by atoms with van der Waals surface area (Å²) in [5.74, 6) is 0.413. The normalized spacial score (nSPS) is 16.4. The van der Waals surface area contributed by atoms with Gasteiger partial charge in [-0.15, -0.1) is 0 Å². The highest BCUT2D eigenvalue weighted by Gasteiger charge is 2.26. The number of sulfonamides is 1. The van der Waals surface area contributed by atoms with Crippen molar-refractivity contribution in [2.45, 2.75) is 17.9 Å². The Bertz CT molecular complexity index is 922. The van der Waals surface area contributed by atoms with Crippen LogP contribution in [0.1, 0.15) is 28.9 Å². The van der Waals surface area contributed by atoms with Gasteiger partial charge in [-0.3, -0.25) is 4.79 Å². The molecule has 1 aliphatic heterocycles. The molecular formula is C20H24N2O5S. The van der Waals surface area contributed by atoms with Crippen LogP contribution in [0.4, 0.5) is 0 Å². The van der Waals surface area contributed by atoms with E-state index in [2.05, 4.69) is 5.32 Å². The minimum absolute atomic E-state index is 0.170. The second-order valence-corrected chi connectivity index (χ2v) is 8.42. The molecule has 0 aromatic heterocycles. The fourth-order valence-corrected chi connectivity index (χ4v) is 4.50. The third-order valence-electron chi connectivity index (χ3n) is 4.68. The van der Waals surface area contributed by atoms with Gasteiger partial charge in [-0.2, -0.15) is 4.31 Å². The Morgan fingerprint density at radius 3 is 2.39 bits per heavy atom. The highest BCUT2D eigenvalue weighted by Crippen LogP contribution is 2.25. The Labute approximate surface area is 165 Å². The van der Waals surface area contributed by atoms with Crippen molar-refractivity contribution < 1.29 is 22.7 Å². The van der Waals surface area contributed by atoms with Gasteiger partial charge < -0.3 is 14.8 Å². The average molecular weight is 404 g/mol. The Morgan fingerprint density at radius 1 is 1.11 bits per heavy atom. The van der Waals surface area contributed by atoms with E-state index in [1.54, 1.807) is 7.11 Å². The maximum absolute atomic E-state index is 12.7. The van der Waals surface area contributed by atoms with E-state index in [9.17, 15) is 13.2 Å². The first-order valence-corrected chi connectivity index (χ1v) is 10.5. The molecule has 0 saturated carbocycles. The van der Waals surface area contributed by atoms with E-state index >= 15 is 0 Å². The van der Waals surface area contributed by atoms with Gasteiger partial charge in [0, 0.05) is 24.2 Å². The van der Waals surface area contributed by atoms with Crippen LogP contribution in [0.2, 0.25) is 0 Å². The summed E-state index contributed by atoms with van der Waals surface area (Å²) in [7, 11) is -1.99. The summed E-state index contributed by atoms with van der Waals surface area (Å²) in [6, 6.07) is 13.2. The predicted molar refractivity (Wildman–Crippen MR) is 105 cm³/mol. The molecule has 7 nitrogen and oxygen atoms in total. The lowest BCUT2D eigenvalue weighted by atomic mass is 10.1. The molecular weight excluding hydrogens is 380 g/mol. The number of ether oxygens (including phenoxy) is 2. The third-order valence-corrected chi connectivity index (χ3v) is 6.59. The first-order valence-electron chi connectivity index (χ1n) is 9.05. The monoisotopic (exact) mass is 404 g/mol. The molecule has 1 fully saturated rings. The number of carbonyl (C=O) groups is 1. The molecule has 0 aliphatic carbocycles. The first kappa shape index (κ1) is 20.3. The molecule has 1 heterocycles. The van der Waals surface area contributed by atoms with Gasteiger partial charge in [0.2, 0.25) is 10.0 Å². The molecule has 3 rings (SSSR count). The number of benzene rings is 2. The van der Waals surface area contributed by atoms with Crippen LogP contribution in [0, 0.1) is 0 Å². The summed E-state index contributed by atoms with van der Waals surface area (Å²) in [5, 5.41) is 2.91. The van der Waals surface area contributed by atoms with Gasteiger partial charge in [0.1, 0.15) is 5.75 Å². The van der Waals surface area contributed by atoms with Gasteiger partial charge in [-0.1, -0.05) is 18.2 Å². The second kappa shape index (κ2) is 8.72.